The molecule has 0 spiro atoms. The summed E-state index contributed by atoms with van der Waals surface area (Å²) in [7, 11) is 1.23. The van der Waals surface area contributed by atoms with Crippen LogP contribution in [-0.2, 0) is 19.1 Å². The Hall–Kier alpha value is -1.85. The molecule has 0 saturated heterocycles. The Kier molecular flexibility index (Phi) is 8.36. The quantitative estimate of drug-likeness (QED) is 0.367. The van der Waals surface area contributed by atoms with Gasteiger partial charge in [-0.15, -0.1) is 0 Å². The predicted octanol–water partition coefficient (Wildman–Crippen LogP) is 0.477. The summed E-state index contributed by atoms with van der Waals surface area (Å²) in [6, 6.07) is 0. The molecule has 0 aliphatic heterocycles. The van der Waals surface area contributed by atoms with Crippen molar-refractivity contribution in [1.29, 1.82) is 0 Å². The van der Waals surface area contributed by atoms with Crippen LogP contribution in [0.1, 0.15) is 25.7 Å². The van der Waals surface area contributed by atoms with Gasteiger partial charge in [-0.25, -0.2) is 4.79 Å². The van der Waals surface area contributed by atoms with Gasteiger partial charge in [0, 0.05) is 25.1 Å². The Morgan fingerprint density at radius 1 is 1.18 bits per heavy atom. The average Bonchev–Trinajstić information content (AvgIpc) is 2.30. The third-order valence-corrected chi connectivity index (χ3v) is 1.94. The van der Waals surface area contributed by atoms with Gasteiger partial charge in [0.1, 0.15) is 0 Å². The fraction of sp³-hybridized carbons (Fsp3) is 0.545. The van der Waals surface area contributed by atoms with Crippen molar-refractivity contribution in [3.8, 4) is 0 Å². The summed E-state index contributed by atoms with van der Waals surface area (Å²) >= 11 is 0. The van der Waals surface area contributed by atoms with Gasteiger partial charge in [-0.1, -0.05) is 6.42 Å². The van der Waals surface area contributed by atoms with Gasteiger partial charge < -0.3 is 15.2 Å². The molecule has 2 N–H and O–H groups in total. The number of amides is 1. The van der Waals surface area contributed by atoms with Crippen LogP contribution in [0.2, 0.25) is 0 Å². The lowest BCUT2D eigenvalue weighted by Gasteiger charge is -2.01. The third-order valence-electron chi connectivity index (χ3n) is 1.94. The fourth-order valence-electron chi connectivity index (χ4n) is 1.06. The molecule has 0 unspecified atom stereocenters. The zero-order chi connectivity index (χ0) is 13.1. The van der Waals surface area contributed by atoms with E-state index in [1.165, 1.54) is 7.11 Å². The number of ether oxygens (including phenoxy) is 1. The second-order valence-corrected chi connectivity index (χ2v) is 3.35. The molecule has 0 heterocycles. The van der Waals surface area contributed by atoms with E-state index in [0.717, 1.165) is 18.6 Å². The molecule has 0 radical (unpaired) electrons. The molecule has 0 rings (SSSR count). The first-order valence-corrected chi connectivity index (χ1v) is 5.32. The molecular weight excluding hydrogens is 226 g/mol. The largest absolute Gasteiger partial charge is 0.481 e. The van der Waals surface area contributed by atoms with Gasteiger partial charge in [-0.3, -0.25) is 9.59 Å². The number of carboxylic acids is 1. The Morgan fingerprint density at radius 2 is 1.88 bits per heavy atom. The van der Waals surface area contributed by atoms with Crippen LogP contribution in [0.4, 0.5) is 0 Å². The number of rotatable bonds is 8. The van der Waals surface area contributed by atoms with E-state index in [1.807, 2.05) is 0 Å². The molecule has 0 aliphatic carbocycles. The van der Waals surface area contributed by atoms with E-state index in [4.69, 9.17) is 5.11 Å². The van der Waals surface area contributed by atoms with E-state index in [2.05, 4.69) is 10.1 Å². The number of aliphatic carboxylic acids is 1. The number of carbonyl (C=O) groups excluding carboxylic acids is 2. The number of hydrogen-bond acceptors (Lipinski definition) is 4. The van der Waals surface area contributed by atoms with Crippen molar-refractivity contribution in [2.45, 2.75) is 25.7 Å². The van der Waals surface area contributed by atoms with E-state index in [0.29, 0.717) is 19.4 Å². The van der Waals surface area contributed by atoms with E-state index >= 15 is 0 Å². The van der Waals surface area contributed by atoms with Crippen molar-refractivity contribution in [3.05, 3.63) is 12.2 Å². The lowest BCUT2D eigenvalue weighted by atomic mass is 10.2. The topological polar surface area (TPSA) is 92.7 Å². The number of methoxy groups -OCH3 is 1. The van der Waals surface area contributed by atoms with Crippen LogP contribution in [0.15, 0.2) is 12.2 Å². The van der Waals surface area contributed by atoms with Crippen LogP contribution >= 0.6 is 0 Å². The first kappa shape index (κ1) is 15.2. The van der Waals surface area contributed by atoms with E-state index in [1.54, 1.807) is 0 Å². The maximum atomic E-state index is 11.1. The molecule has 0 aliphatic rings. The normalized spacial score (nSPS) is 10.2. The Morgan fingerprint density at radius 3 is 2.47 bits per heavy atom. The average molecular weight is 243 g/mol. The smallest absolute Gasteiger partial charge is 0.330 e. The van der Waals surface area contributed by atoms with E-state index in [9.17, 15) is 14.4 Å². The van der Waals surface area contributed by atoms with Crippen molar-refractivity contribution in [2.24, 2.45) is 0 Å². The van der Waals surface area contributed by atoms with Gasteiger partial charge in [0.2, 0.25) is 5.91 Å². The summed E-state index contributed by atoms with van der Waals surface area (Å²) in [5.41, 5.74) is 0. The van der Waals surface area contributed by atoms with Crippen LogP contribution in [0.5, 0.6) is 0 Å². The number of hydrogen-bond donors (Lipinski definition) is 2. The molecule has 1 amide bonds. The third kappa shape index (κ3) is 10.4. The monoisotopic (exact) mass is 243 g/mol. The highest BCUT2D eigenvalue weighted by Crippen LogP contribution is 1.98. The van der Waals surface area contributed by atoms with Crippen LogP contribution in [0, 0.1) is 0 Å². The molecule has 0 fully saturated rings. The predicted molar refractivity (Wildman–Crippen MR) is 60.3 cm³/mol. The number of carboxylic acid groups (broad SMARTS) is 1. The Balaban J connectivity index is 3.48. The Labute approximate surface area is 99.6 Å². The second-order valence-electron chi connectivity index (χ2n) is 3.35. The standard InChI is InChI=1S/C11H17NO5/c1-17-11(16)7-6-9(13)12-8-4-2-3-5-10(14)15/h6-7H,2-5,8H2,1H3,(H,12,13)(H,14,15). The van der Waals surface area contributed by atoms with Crippen LogP contribution < -0.4 is 5.32 Å². The number of nitrogens with one attached hydrogen (secondary N) is 1. The van der Waals surface area contributed by atoms with Gasteiger partial charge in [-0.2, -0.15) is 0 Å². The molecule has 0 aromatic carbocycles. The highest BCUT2D eigenvalue weighted by Gasteiger charge is 1.99. The highest BCUT2D eigenvalue weighted by molar-refractivity contribution is 5.94. The Bertz CT molecular complexity index is 298. The summed E-state index contributed by atoms with van der Waals surface area (Å²) in [5, 5.41) is 11.0. The van der Waals surface area contributed by atoms with Gasteiger partial charge >= 0.3 is 11.9 Å². The van der Waals surface area contributed by atoms with Crippen LogP contribution in [-0.4, -0.2) is 36.6 Å². The van der Waals surface area contributed by atoms with Crippen molar-refractivity contribution in [1.82, 2.24) is 5.32 Å². The summed E-state index contributed by atoms with van der Waals surface area (Å²) < 4.78 is 4.32. The summed E-state index contributed by atoms with van der Waals surface area (Å²) in [6.07, 6.45) is 4.35. The maximum absolute atomic E-state index is 11.1. The lowest BCUT2D eigenvalue weighted by Crippen LogP contribution is -2.22. The van der Waals surface area contributed by atoms with Crippen molar-refractivity contribution in [3.63, 3.8) is 0 Å². The first-order valence-electron chi connectivity index (χ1n) is 5.32. The fourth-order valence-corrected chi connectivity index (χ4v) is 1.06. The molecule has 6 nitrogen and oxygen atoms in total. The zero-order valence-corrected chi connectivity index (χ0v) is 9.77. The molecule has 0 aromatic heterocycles. The van der Waals surface area contributed by atoms with Crippen molar-refractivity contribution in [2.75, 3.05) is 13.7 Å². The van der Waals surface area contributed by atoms with Gasteiger partial charge in [-0.05, 0) is 12.8 Å². The molecular formula is C11H17NO5. The SMILES string of the molecule is COC(=O)C=CC(=O)NCCCCCC(=O)O. The lowest BCUT2D eigenvalue weighted by molar-refractivity contribution is -0.137. The molecule has 17 heavy (non-hydrogen) atoms. The van der Waals surface area contributed by atoms with Gasteiger partial charge in [0.15, 0.2) is 0 Å². The highest BCUT2D eigenvalue weighted by atomic mass is 16.5. The molecule has 0 atom stereocenters. The summed E-state index contributed by atoms with van der Waals surface area (Å²) in [4.78, 5) is 32.0. The van der Waals surface area contributed by atoms with Crippen molar-refractivity contribution >= 4 is 17.8 Å². The number of carbonyl (C=O) groups is 3. The summed E-state index contributed by atoms with van der Waals surface area (Å²) in [6.45, 7) is 0.462. The minimum absolute atomic E-state index is 0.149. The first-order chi connectivity index (χ1) is 8.06. The maximum Gasteiger partial charge on any atom is 0.330 e. The molecule has 6 heteroatoms. The van der Waals surface area contributed by atoms with E-state index in [-0.39, 0.29) is 12.3 Å². The number of unbranched alkanes of at least 4 members (excludes halogenated alkanes) is 2. The molecule has 0 aromatic rings. The van der Waals surface area contributed by atoms with Gasteiger partial charge in [0.05, 0.1) is 7.11 Å². The second kappa shape index (κ2) is 9.38. The number of esters is 1. The van der Waals surface area contributed by atoms with E-state index < -0.39 is 11.9 Å². The molecule has 0 saturated carbocycles. The van der Waals surface area contributed by atoms with Crippen LogP contribution in [0.3, 0.4) is 0 Å². The summed E-state index contributed by atoms with van der Waals surface area (Å²) in [5.74, 6) is -1.76. The minimum atomic E-state index is -0.810. The molecule has 0 bridgehead atoms. The van der Waals surface area contributed by atoms with Gasteiger partial charge in [0.25, 0.3) is 0 Å². The van der Waals surface area contributed by atoms with Crippen LogP contribution in [0.25, 0.3) is 0 Å². The molecule has 96 valence electrons. The zero-order valence-electron chi connectivity index (χ0n) is 9.77. The minimum Gasteiger partial charge on any atom is -0.481 e. The van der Waals surface area contributed by atoms with Crippen molar-refractivity contribution < 1.29 is 24.2 Å².